The highest BCUT2D eigenvalue weighted by Gasteiger charge is 2.26. The number of para-hydroxylation sites is 1. The van der Waals surface area contributed by atoms with Crippen LogP contribution in [-0.2, 0) is 4.79 Å². The molecule has 3 rings (SSSR count). The number of halogens is 1. The van der Waals surface area contributed by atoms with Gasteiger partial charge in [0.15, 0.2) is 0 Å². The first-order valence-electron chi connectivity index (χ1n) is 7.05. The third-order valence-corrected chi connectivity index (χ3v) is 4.79. The van der Waals surface area contributed by atoms with Crippen molar-refractivity contribution in [3.63, 3.8) is 0 Å². The van der Waals surface area contributed by atoms with Gasteiger partial charge in [0, 0.05) is 22.4 Å². The maximum absolute atomic E-state index is 12.6. The van der Waals surface area contributed by atoms with E-state index in [0.29, 0.717) is 0 Å². The summed E-state index contributed by atoms with van der Waals surface area (Å²) in [5.74, 6) is -0.0361. The zero-order valence-corrected chi connectivity index (χ0v) is 13.4. The predicted octanol–water partition coefficient (Wildman–Crippen LogP) is 4.30. The van der Waals surface area contributed by atoms with Crippen molar-refractivity contribution in [1.29, 1.82) is 0 Å². The molecule has 1 amide bonds. The number of carbonyl (C=O) groups is 1. The number of rotatable bonds is 2. The fourth-order valence-corrected chi connectivity index (χ4v) is 3.07. The van der Waals surface area contributed by atoms with Crippen molar-refractivity contribution in [1.82, 2.24) is 0 Å². The van der Waals surface area contributed by atoms with Crippen LogP contribution in [0.2, 0.25) is 0 Å². The van der Waals surface area contributed by atoms with Gasteiger partial charge in [0.05, 0.1) is 5.92 Å². The fraction of sp³-hybridized carbons (Fsp3) is 0.235. The average Bonchev–Trinajstić information content (AvgIpc) is 2.51. The first-order valence-corrected chi connectivity index (χ1v) is 7.85. The highest BCUT2D eigenvalue weighted by Crippen LogP contribution is 2.33. The molecule has 3 nitrogen and oxygen atoms in total. The van der Waals surface area contributed by atoms with Crippen molar-refractivity contribution in [2.24, 2.45) is 0 Å². The Labute approximate surface area is 132 Å². The molecule has 0 fully saturated rings. The van der Waals surface area contributed by atoms with Crippen LogP contribution in [0.1, 0.15) is 23.5 Å². The van der Waals surface area contributed by atoms with E-state index < -0.39 is 0 Å². The van der Waals surface area contributed by atoms with E-state index in [2.05, 4.69) is 26.6 Å². The van der Waals surface area contributed by atoms with E-state index in [1.807, 2.05) is 49.4 Å². The van der Waals surface area contributed by atoms with Crippen molar-refractivity contribution in [3.05, 3.63) is 58.1 Å². The summed E-state index contributed by atoms with van der Waals surface area (Å²) in [5.41, 5.74) is 4.06. The summed E-state index contributed by atoms with van der Waals surface area (Å²) in [6.45, 7) is 2.82. The highest BCUT2D eigenvalue weighted by atomic mass is 79.9. The van der Waals surface area contributed by atoms with E-state index in [9.17, 15) is 4.79 Å². The topological polar surface area (TPSA) is 41.1 Å². The van der Waals surface area contributed by atoms with Crippen LogP contribution in [0.3, 0.4) is 0 Å². The number of fused-ring (bicyclic) bond motifs is 1. The Bertz CT molecular complexity index is 684. The Morgan fingerprint density at radius 3 is 2.90 bits per heavy atom. The van der Waals surface area contributed by atoms with Gasteiger partial charge in [-0.15, -0.1) is 0 Å². The third kappa shape index (κ3) is 2.81. The summed E-state index contributed by atoms with van der Waals surface area (Å²) < 4.78 is 1.01. The van der Waals surface area contributed by atoms with Gasteiger partial charge in [-0.05, 0) is 42.7 Å². The Morgan fingerprint density at radius 2 is 2.05 bits per heavy atom. The summed E-state index contributed by atoms with van der Waals surface area (Å²) in [4.78, 5) is 12.6. The number of nitrogens with one attached hydrogen (secondary N) is 2. The van der Waals surface area contributed by atoms with Crippen LogP contribution >= 0.6 is 15.9 Å². The first-order chi connectivity index (χ1) is 10.2. The maximum Gasteiger partial charge on any atom is 0.232 e. The molecule has 1 unspecified atom stereocenters. The van der Waals surface area contributed by atoms with Gasteiger partial charge in [0.25, 0.3) is 0 Å². The van der Waals surface area contributed by atoms with Crippen LogP contribution in [0, 0.1) is 6.92 Å². The van der Waals surface area contributed by atoms with E-state index in [1.54, 1.807) is 0 Å². The molecule has 1 atom stereocenters. The molecule has 0 bridgehead atoms. The average molecular weight is 345 g/mol. The standard InChI is InChI=1S/C17H17BrN2O/c1-11-14(18)6-4-8-15(11)20-17(21)13-9-10-19-16-7-3-2-5-12(13)16/h2-8,13,19H,9-10H2,1H3,(H,20,21). The fourth-order valence-electron chi connectivity index (χ4n) is 2.70. The number of hydrogen-bond donors (Lipinski definition) is 2. The van der Waals surface area contributed by atoms with Crippen molar-refractivity contribution in [2.75, 3.05) is 17.2 Å². The molecule has 2 aromatic rings. The van der Waals surface area contributed by atoms with Gasteiger partial charge in [0.2, 0.25) is 5.91 Å². The van der Waals surface area contributed by atoms with Crippen molar-refractivity contribution >= 4 is 33.2 Å². The Morgan fingerprint density at radius 1 is 1.24 bits per heavy atom. The summed E-state index contributed by atoms with van der Waals surface area (Å²) in [7, 11) is 0. The van der Waals surface area contributed by atoms with Crippen LogP contribution in [-0.4, -0.2) is 12.5 Å². The Hall–Kier alpha value is -1.81. The summed E-state index contributed by atoms with van der Waals surface area (Å²) in [5, 5.41) is 6.41. The quantitative estimate of drug-likeness (QED) is 0.852. The summed E-state index contributed by atoms with van der Waals surface area (Å²) in [6, 6.07) is 13.9. The second-order valence-electron chi connectivity index (χ2n) is 5.26. The van der Waals surface area contributed by atoms with Crippen LogP contribution in [0.5, 0.6) is 0 Å². The minimum absolute atomic E-state index is 0.0603. The minimum Gasteiger partial charge on any atom is -0.385 e. The number of amides is 1. The highest BCUT2D eigenvalue weighted by molar-refractivity contribution is 9.10. The lowest BCUT2D eigenvalue weighted by atomic mass is 9.90. The Balaban J connectivity index is 1.85. The van der Waals surface area contributed by atoms with Crippen LogP contribution in [0.25, 0.3) is 0 Å². The van der Waals surface area contributed by atoms with Crippen molar-refractivity contribution in [3.8, 4) is 0 Å². The van der Waals surface area contributed by atoms with E-state index in [4.69, 9.17) is 0 Å². The molecule has 0 aromatic heterocycles. The number of hydrogen-bond acceptors (Lipinski definition) is 2. The number of carbonyl (C=O) groups excluding carboxylic acids is 1. The predicted molar refractivity (Wildman–Crippen MR) is 89.8 cm³/mol. The van der Waals surface area contributed by atoms with Crippen LogP contribution in [0.4, 0.5) is 11.4 Å². The third-order valence-electron chi connectivity index (χ3n) is 3.93. The van der Waals surface area contributed by atoms with Gasteiger partial charge in [0.1, 0.15) is 0 Å². The molecule has 21 heavy (non-hydrogen) atoms. The zero-order chi connectivity index (χ0) is 14.8. The molecule has 0 radical (unpaired) electrons. The molecular formula is C17H17BrN2O. The molecule has 2 N–H and O–H groups in total. The molecular weight excluding hydrogens is 328 g/mol. The molecule has 1 heterocycles. The van der Waals surface area contributed by atoms with Crippen LogP contribution in [0.15, 0.2) is 46.9 Å². The molecule has 2 aromatic carbocycles. The normalized spacial score (nSPS) is 16.8. The van der Waals surface area contributed by atoms with Crippen LogP contribution < -0.4 is 10.6 Å². The smallest absolute Gasteiger partial charge is 0.232 e. The lowest BCUT2D eigenvalue weighted by Crippen LogP contribution is -2.27. The Kier molecular flexibility index (Phi) is 3.97. The molecule has 1 aliphatic heterocycles. The molecule has 0 spiro atoms. The summed E-state index contributed by atoms with van der Waals surface area (Å²) >= 11 is 3.50. The zero-order valence-electron chi connectivity index (χ0n) is 11.8. The molecule has 1 aliphatic rings. The van der Waals surface area contributed by atoms with Gasteiger partial charge < -0.3 is 10.6 Å². The first kappa shape index (κ1) is 14.1. The lowest BCUT2D eigenvalue weighted by Gasteiger charge is -2.26. The van der Waals surface area contributed by atoms with Crippen molar-refractivity contribution in [2.45, 2.75) is 19.3 Å². The molecule has 108 valence electrons. The van der Waals surface area contributed by atoms with E-state index in [-0.39, 0.29) is 11.8 Å². The largest absolute Gasteiger partial charge is 0.385 e. The van der Waals surface area contributed by atoms with Crippen molar-refractivity contribution < 1.29 is 4.79 Å². The minimum atomic E-state index is -0.0965. The van der Waals surface area contributed by atoms with Gasteiger partial charge >= 0.3 is 0 Å². The maximum atomic E-state index is 12.6. The SMILES string of the molecule is Cc1c(Br)cccc1NC(=O)C1CCNc2ccccc21. The number of anilines is 2. The molecule has 0 aliphatic carbocycles. The van der Waals surface area contributed by atoms with Gasteiger partial charge in [-0.1, -0.05) is 40.2 Å². The molecule has 0 saturated heterocycles. The van der Waals surface area contributed by atoms with Gasteiger partial charge in [-0.2, -0.15) is 0 Å². The van der Waals surface area contributed by atoms with Gasteiger partial charge in [-0.25, -0.2) is 0 Å². The second kappa shape index (κ2) is 5.90. The number of benzene rings is 2. The lowest BCUT2D eigenvalue weighted by molar-refractivity contribution is -0.117. The molecule has 4 heteroatoms. The summed E-state index contributed by atoms with van der Waals surface area (Å²) in [6.07, 6.45) is 0.815. The molecule has 0 saturated carbocycles. The second-order valence-corrected chi connectivity index (χ2v) is 6.11. The van der Waals surface area contributed by atoms with E-state index in [0.717, 1.165) is 39.9 Å². The van der Waals surface area contributed by atoms with Gasteiger partial charge in [-0.3, -0.25) is 4.79 Å². The monoisotopic (exact) mass is 344 g/mol. The van der Waals surface area contributed by atoms with E-state index >= 15 is 0 Å². The van der Waals surface area contributed by atoms with E-state index in [1.165, 1.54) is 0 Å².